The van der Waals surface area contributed by atoms with E-state index in [0.29, 0.717) is 11.4 Å². The van der Waals surface area contributed by atoms with Crippen LogP contribution in [0.3, 0.4) is 0 Å². The minimum absolute atomic E-state index is 0.0724. The van der Waals surface area contributed by atoms with E-state index in [4.69, 9.17) is 4.74 Å². The van der Waals surface area contributed by atoms with E-state index in [1.54, 1.807) is 28.2 Å². The van der Waals surface area contributed by atoms with Crippen LogP contribution in [0.2, 0.25) is 0 Å². The molecule has 2 saturated heterocycles. The van der Waals surface area contributed by atoms with Crippen molar-refractivity contribution in [1.82, 2.24) is 4.31 Å². The molecular weight excluding hydrogens is 330 g/mol. The second kappa shape index (κ2) is 6.75. The molecule has 0 aromatic heterocycles. The highest BCUT2D eigenvalue weighted by Gasteiger charge is 2.52. The molecule has 0 radical (unpaired) electrons. The van der Waals surface area contributed by atoms with Gasteiger partial charge in [0.05, 0.1) is 10.4 Å². The van der Waals surface area contributed by atoms with Crippen molar-refractivity contribution in [2.75, 3.05) is 19.4 Å². The minimum Gasteiger partial charge on any atom is -0.366 e. The maximum absolute atomic E-state index is 13.3. The van der Waals surface area contributed by atoms with E-state index in [-0.39, 0.29) is 11.0 Å². The van der Waals surface area contributed by atoms with Gasteiger partial charge in [0.2, 0.25) is 10.0 Å². The van der Waals surface area contributed by atoms with E-state index in [1.807, 2.05) is 25.3 Å². The summed E-state index contributed by atoms with van der Waals surface area (Å²) in [5, 5.41) is 0. The first kappa shape index (κ1) is 17.3. The van der Waals surface area contributed by atoms with Gasteiger partial charge in [-0.1, -0.05) is 24.1 Å². The van der Waals surface area contributed by atoms with Gasteiger partial charge in [-0.2, -0.15) is 4.31 Å². The molecule has 1 spiro atoms. The zero-order valence-corrected chi connectivity index (χ0v) is 15.5. The standard InChI is InChI=1S/C17H25NO3S2/c1-14-6-8-15(9-7-14)23(19,20)18-12-4-3-10-17(18)11-5-13-21-16(17)22-2/h6-9,16H,3-5,10-13H2,1-2H3. The van der Waals surface area contributed by atoms with E-state index in [0.717, 1.165) is 44.3 Å². The second-order valence-corrected chi connectivity index (χ2v) is 9.25. The molecule has 23 heavy (non-hydrogen) atoms. The van der Waals surface area contributed by atoms with Crippen LogP contribution in [0.1, 0.15) is 37.7 Å². The largest absolute Gasteiger partial charge is 0.366 e. The normalized spacial score (nSPS) is 29.7. The highest BCUT2D eigenvalue weighted by atomic mass is 32.2. The Hall–Kier alpha value is -0.560. The Morgan fingerprint density at radius 3 is 2.57 bits per heavy atom. The zero-order valence-electron chi connectivity index (χ0n) is 13.8. The van der Waals surface area contributed by atoms with Crippen molar-refractivity contribution in [3.05, 3.63) is 29.8 Å². The van der Waals surface area contributed by atoms with Crippen molar-refractivity contribution in [1.29, 1.82) is 0 Å². The molecule has 2 fully saturated rings. The van der Waals surface area contributed by atoms with E-state index in [2.05, 4.69) is 0 Å². The van der Waals surface area contributed by atoms with Gasteiger partial charge >= 0.3 is 0 Å². The van der Waals surface area contributed by atoms with Crippen LogP contribution in [-0.2, 0) is 14.8 Å². The minimum atomic E-state index is -3.49. The number of ether oxygens (including phenoxy) is 1. The first-order valence-electron chi connectivity index (χ1n) is 8.25. The second-order valence-electron chi connectivity index (χ2n) is 6.49. The molecule has 2 aliphatic heterocycles. The summed E-state index contributed by atoms with van der Waals surface area (Å²) in [6, 6.07) is 7.19. The van der Waals surface area contributed by atoms with Crippen molar-refractivity contribution in [3.8, 4) is 0 Å². The molecule has 4 nitrogen and oxygen atoms in total. The van der Waals surface area contributed by atoms with Gasteiger partial charge in [0.15, 0.2) is 0 Å². The van der Waals surface area contributed by atoms with Gasteiger partial charge in [0.25, 0.3) is 0 Å². The summed E-state index contributed by atoms with van der Waals surface area (Å²) in [5.41, 5.74) is 0.608. The third-order valence-electron chi connectivity index (χ3n) is 5.00. The molecule has 2 unspecified atom stereocenters. The van der Waals surface area contributed by atoms with Crippen LogP contribution >= 0.6 is 11.8 Å². The summed E-state index contributed by atoms with van der Waals surface area (Å²) >= 11 is 1.64. The van der Waals surface area contributed by atoms with Crippen LogP contribution in [0.15, 0.2) is 29.2 Å². The Bertz CT molecular complexity index is 638. The fourth-order valence-corrected chi connectivity index (χ4v) is 6.81. The van der Waals surface area contributed by atoms with Crippen LogP contribution < -0.4 is 0 Å². The quantitative estimate of drug-likeness (QED) is 0.834. The Morgan fingerprint density at radius 1 is 1.17 bits per heavy atom. The van der Waals surface area contributed by atoms with Gasteiger partial charge in [0.1, 0.15) is 5.44 Å². The lowest BCUT2D eigenvalue weighted by Gasteiger charge is -2.51. The first-order valence-corrected chi connectivity index (χ1v) is 11.0. The lowest BCUT2D eigenvalue weighted by molar-refractivity contribution is -0.0527. The Morgan fingerprint density at radius 2 is 1.87 bits per heavy atom. The molecule has 2 atom stereocenters. The van der Waals surface area contributed by atoms with Crippen LogP contribution in [0, 0.1) is 6.92 Å². The van der Waals surface area contributed by atoms with Crippen molar-refractivity contribution in [2.45, 2.75) is 54.9 Å². The number of benzene rings is 1. The van der Waals surface area contributed by atoms with Crippen molar-refractivity contribution in [3.63, 3.8) is 0 Å². The molecule has 2 heterocycles. The van der Waals surface area contributed by atoms with Gasteiger partial charge in [-0.3, -0.25) is 0 Å². The van der Waals surface area contributed by atoms with E-state index in [1.165, 1.54) is 0 Å². The number of aryl methyl sites for hydroxylation is 1. The fourth-order valence-electron chi connectivity index (χ4n) is 3.85. The number of rotatable bonds is 3. The maximum atomic E-state index is 13.3. The number of sulfonamides is 1. The van der Waals surface area contributed by atoms with Crippen molar-refractivity contribution in [2.24, 2.45) is 0 Å². The highest BCUT2D eigenvalue weighted by Crippen LogP contribution is 2.45. The highest BCUT2D eigenvalue weighted by molar-refractivity contribution is 7.99. The maximum Gasteiger partial charge on any atom is 0.243 e. The Labute approximate surface area is 143 Å². The molecule has 1 aromatic rings. The summed E-state index contributed by atoms with van der Waals surface area (Å²) in [4.78, 5) is 0.398. The van der Waals surface area contributed by atoms with Crippen LogP contribution in [0.5, 0.6) is 0 Å². The monoisotopic (exact) mass is 355 g/mol. The summed E-state index contributed by atoms with van der Waals surface area (Å²) in [7, 11) is -3.49. The molecule has 128 valence electrons. The van der Waals surface area contributed by atoms with Crippen LogP contribution in [0.4, 0.5) is 0 Å². The predicted molar refractivity (Wildman–Crippen MR) is 94.1 cm³/mol. The van der Waals surface area contributed by atoms with Crippen molar-refractivity contribution >= 4 is 21.8 Å². The Kier molecular flexibility index (Phi) is 5.06. The number of thioether (sulfide) groups is 1. The molecule has 2 aliphatic rings. The number of hydrogen-bond donors (Lipinski definition) is 0. The lowest BCUT2D eigenvalue weighted by atomic mass is 9.84. The summed E-state index contributed by atoms with van der Waals surface area (Å²) in [5.74, 6) is 0. The molecule has 0 aliphatic carbocycles. The average Bonchev–Trinajstić information content (AvgIpc) is 2.56. The van der Waals surface area contributed by atoms with Crippen molar-refractivity contribution < 1.29 is 13.2 Å². The molecule has 3 rings (SSSR count). The Balaban J connectivity index is 2.02. The lowest BCUT2D eigenvalue weighted by Crippen LogP contribution is -2.62. The average molecular weight is 356 g/mol. The van der Waals surface area contributed by atoms with Gasteiger partial charge in [-0.15, -0.1) is 11.8 Å². The molecular formula is C17H25NO3S2. The third kappa shape index (κ3) is 3.06. The SMILES string of the molecule is CSC1OCCCC12CCCCN2S(=O)(=O)c1ccc(C)cc1. The van der Waals surface area contributed by atoms with Gasteiger partial charge in [-0.05, 0) is 51.0 Å². The smallest absolute Gasteiger partial charge is 0.243 e. The number of piperidine rings is 1. The van der Waals surface area contributed by atoms with E-state index >= 15 is 0 Å². The molecule has 0 amide bonds. The van der Waals surface area contributed by atoms with Gasteiger partial charge < -0.3 is 4.74 Å². The van der Waals surface area contributed by atoms with E-state index < -0.39 is 10.0 Å². The summed E-state index contributed by atoms with van der Waals surface area (Å²) in [6.45, 7) is 3.29. The fraction of sp³-hybridized carbons (Fsp3) is 0.647. The van der Waals surface area contributed by atoms with Gasteiger partial charge in [0, 0.05) is 13.2 Å². The summed E-state index contributed by atoms with van der Waals surface area (Å²) in [6.07, 6.45) is 6.72. The van der Waals surface area contributed by atoms with Crippen LogP contribution in [-0.4, -0.2) is 43.1 Å². The molecule has 6 heteroatoms. The third-order valence-corrected chi connectivity index (χ3v) is 8.00. The molecule has 0 bridgehead atoms. The molecule has 0 saturated carbocycles. The van der Waals surface area contributed by atoms with Gasteiger partial charge in [-0.25, -0.2) is 8.42 Å². The summed E-state index contributed by atoms with van der Waals surface area (Å²) < 4.78 is 34.3. The number of nitrogens with zero attached hydrogens (tertiary/aromatic N) is 1. The van der Waals surface area contributed by atoms with Crippen LogP contribution in [0.25, 0.3) is 0 Å². The zero-order chi connectivity index (χ0) is 16.5. The molecule has 0 N–H and O–H groups in total. The predicted octanol–water partition coefficient (Wildman–Crippen LogP) is 3.41. The van der Waals surface area contributed by atoms with E-state index in [9.17, 15) is 8.42 Å². The topological polar surface area (TPSA) is 46.6 Å². The number of hydrogen-bond acceptors (Lipinski definition) is 4. The molecule has 1 aromatic carbocycles. The first-order chi connectivity index (χ1) is 11.0.